The van der Waals surface area contributed by atoms with Gasteiger partial charge in [-0.2, -0.15) is 0 Å². The number of benzene rings is 4. The minimum Gasteiger partial charge on any atom is -0.455 e. The van der Waals surface area contributed by atoms with Crippen molar-refractivity contribution in [2.75, 3.05) is 0 Å². The molecule has 0 unspecified atom stereocenters. The molecule has 0 saturated heterocycles. The summed E-state index contributed by atoms with van der Waals surface area (Å²) in [4.78, 5) is 0. The van der Waals surface area contributed by atoms with Crippen LogP contribution in [0.15, 0.2) is 83.3 Å². The molecule has 0 N–H and O–H groups in total. The van der Waals surface area contributed by atoms with Gasteiger partial charge in [-0.05, 0) is 46.0 Å². The number of rotatable bonds is 1. The van der Waals surface area contributed by atoms with E-state index in [9.17, 15) is 0 Å². The zero-order chi connectivity index (χ0) is 19.8. The Balaban J connectivity index is 1.72. The van der Waals surface area contributed by atoms with Crippen molar-refractivity contribution in [3.63, 3.8) is 0 Å². The van der Waals surface area contributed by atoms with Crippen LogP contribution in [0.1, 0.15) is 25.0 Å². The molecule has 140 valence electrons. The second-order valence-corrected chi connectivity index (χ2v) is 8.76. The fourth-order valence-electron chi connectivity index (χ4n) is 4.94. The maximum atomic E-state index is 6.36. The highest BCUT2D eigenvalue weighted by atomic mass is 35.5. The van der Waals surface area contributed by atoms with Crippen LogP contribution in [-0.4, -0.2) is 0 Å². The van der Waals surface area contributed by atoms with E-state index in [0.29, 0.717) is 0 Å². The number of hydrogen-bond acceptors (Lipinski definition) is 1. The van der Waals surface area contributed by atoms with E-state index in [-0.39, 0.29) is 5.41 Å². The molecule has 6 rings (SSSR count). The zero-order valence-electron chi connectivity index (χ0n) is 16.3. The third-order valence-corrected chi connectivity index (χ3v) is 6.59. The SMILES string of the molecule is CC1(C)c2cc(Cl)ccc2-c2c(-c3cccc4c3oc3ccccc34)cccc21. The van der Waals surface area contributed by atoms with Gasteiger partial charge in [-0.25, -0.2) is 0 Å². The summed E-state index contributed by atoms with van der Waals surface area (Å²) in [5.74, 6) is 0. The standard InChI is InChI=1S/C27H19ClO/c1-27(2)22-11-6-8-18(25(22)21-14-13-16(28)15-23(21)27)20-10-5-9-19-17-7-3-4-12-24(17)29-26(19)20/h3-15H,1-2H3. The van der Waals surface area contributed by atoms with E-state index >= 15 is 0 Å². The third-order valence-electron chi connectivity index (χ3n) is 6.36. The van der Waals surface area contributed by atoms with Gasteiger partial charge in [0.25, 0.3) is 0 Å². The summed E-state index contributed by atoms with van der Waals surface area (Å²) in [5, 5.41) is 3.10. The Labute approximate surface area is 174 Å². The summed E-state index contributed by atoms with van der Waals surface area (Å²) in [6.45, 7) is 4.55. The van der Waals surface area contributed by atoms with Crippen molar-refractivity contribution in [1.29, 1.82) is 0 Å². The van der Waals surface area contributed by atoms with E-state index in [1.165, 1.54) is 27.8 Å². The first-order valence-corrected chi connectivity index (χ1v) is 10.3. The van der Waals surface area contributed by atoms with Gasteiger partial charge >= 0.3 is 0 Å². The second-order valence-electron chi connectivity index (χ2n) is 8.32. The zero-order valence-corrected chi connectivity index (χ0v) is 17.0. The van der Waals surface area contributed by atoms with Crippen molar-refractivity contribution in [1.82, 2.24) is 0 Å². The van der Waals surface area contributed by atoms with Crippen molar-refractivity contribution in [3.8, 4) is 22.3 Å². The van der Waals surface area contributed by atoms with Crippen molar-refractivity contribution >= 4 is 33.5 Å². The molecule has 5 aromatic rings. The minimum atomic E-state index is -0.0899. The van der Waals surface area contributed by atoms with Crippen molar-refractivity contribution in [2.45, 2.75) is 19.3 Å². The third kappa shape index (κ3) is 2.22. The molecule has 1 aromatic heterocycles. The Morgan fingerprint density at radius 1 is 0.690 bits per heavy atom. The first kappa shape index (κ1) is 16.9. The van der Waals surface area contributed by atoms with Crippen LogP contribution >= 0.6 is 11.6 Å². The highest BCUT2D eigenvalue weighted by molar-refractivity contribution is 6.30. The molecule has 1 heterocycles. The summed E-state index contributed by atoms with van der Waals surface area (Å²) in [6.07, 6.45) is 0. The van der Waals surface area contributed by atoms with Gasteiger partial charge in [0.15, 0.2) is 0 Å². The summed E-state index contributed by atoms with van der Waals surface area (Å²) < 4.78 is 6.34. The maximum Gasteiger partial charge on any atom is 0.143 e. The van der Waals surface area contributed by atoms with E-state index in [1.807, 2.05) is 18.2 Å². The van der Waals surface area contributed by atoms with Crippen LogP contribution in [0.2, 0.25) is 5.02 Å². The van der Waals surface area contributed by atoms with Crippen molar-refractivity contribution < 1.29 is 4.42 Å². The van der Waals surface area contributed by atoms with Crippen LogP contribution in [-0.2, 0) is 5.41 Å². The monoisotopic (exact) mass is 394 g/mol. The van der Waals surface area contributed by atoms with Crippen molar-refractivity contribution in [2.24, 2.45) is 0 Å². The van der Waals surface area contributed by atoms with Crippen LogP contribution in [0.4, 0.5) is 0 Å². The molecule has 0 bridgehead atoms. The van der Waals surface area contributed by atoms with Crippen LogP contribution in [0.25, 0.3) is 44.2 Å². The lowest BCUT2D eigenvalue weighted by Crippen LogP contribution is -2.14. The Bertz CT molecular complexity index is 1440. The second kappa shape index (κ2) is 5.75. The predicted molar refractivity (Wildman–Crippen MR) is 122 cm³/mol. The molecule has 0 spiro atoms. The van der Waals surface area contributed by atoms with Gasteiger partial charge in [0.2, 0.25) is 0 Å². The predicted octanol–water partition coefficient (Wildman–Crippen LogP) is 8.21. The topological polar surface area (TPSA) is 13.1 Å². The largest absolute Gasteiger partial charge is 0.455 e. The number of para-hydroxylation sites is 2. The average Bonchev–Trinajstić information content (AvgIpc) is 3.21. The fraction of sp³-hybridized carbons (Fsp3) is 0.111. The molecule has 1 aliphatic rings. The molecule has 0 amide bonds. The Hall–Kier alpha value is -3.03. The summed E-state index contributed by atoms with van der Waals surface area (Å²) in [6, 6.07) is 27.6. The first-order chi connectivity index (χ1) is 14.1. The highest BCUT2D eigenvalue weighted by Crippen LogP contribution is 2.53. The maximum absolute atomic E-state index is 6.36. The average molecular weight is 395 g/mol. The summed E-state index contributed by atoms with van der Waals surface area (Å²) in [7, 11) is 0. The summed E-state index contributed by atoms with van der Waals surface area (Å²) >= 11 is 6.36. The number of furan rings is 1. The molecule has 1 aliphatic carbocycles. The fourth-order valence-corrected chi connectivity index (χ4v) is 5.12. The van der Waals surface area contributed by atoms with E-state index in [1.54, 1.807) is 0 Å². The smallest absolute Gasteiger partial charge is 0.143 e. The molecule has 2 heteroatoms. The van der Waals surface area contributed by atoms with Gasteiger partial charge in [-0.3, -0.25) is 0 Å². The normalized spacial score (nSPS) is 14.3. The molecule has 0 atom stereocenters. The number of hydrogen-bond donors (Lipinski definition) is 0. The van der Waals surface area contributed by atoms with Crippen LogP contribution in [0.3, 0.4) is 0 Å². The van der Waals surface area contributed by atoms with Crippen LogP contribution in [0, 0.1) is 0 Å². The number of halogens is 1. The van der Waals surface area contributed by atoms with Crippen LogP contribution in [0.5, 0.6) is 0 Å². The van der Waals surface area contributed by atoms with Gasteiger partial charge < -0.3 is 4.42 Å². The highest BCUT2D eigenvalue weighted by Gasteiger charge is 2.37. The Morgan fingerprint density at radius 3 is 2.34 bits per heavy atom. The molecular formula is C27H19ClO. The Morgan fingerprint density at radius 2 is 1.45 bits per heavy atom. The van der Waals surface area contributed by atoms with Crippen molar-refractivity contribution in [3.05, 3.63) is 95.0 Å². The van der Waals surface area contributed by atoms with Gasteiger partial charge in [0.1, 0.15) is 11.2 Å². The summed E-state index contributed by atoms with van der Waals surface area (Å²) in [5.41, 5.74) is 9.29. The van der Waals surface area contributed by atoms with Crippen LogP contribution < -0.4 is 0 Å². The lowest BCUT2D eigenvalue weighted by molar-refractivity contribution is 0.660. The van der Waals surface area contributed by atoms with Gasteiger partial charge in [-0.1, -0.05) is 86.1 Å². The molecular weight excluding hydrogens is 376 g/mol. The lowest BCUT2D eigenvalue weighted by atomic mass is 9.82. The van der Waals surface area contributed by atoms with E-state index < -0.39 is 0 Å². The first-order valence-electron chi connectivity index (χ1n) is 9.90. The van der Waals surface area contributed by atoms with Gasteiger partial charge in [0, 0.05) is 26.8 Å². The quantitative estimate of drug-likeness (QED) is 0.279. The Kier molecular flexibility index (Phi) is 3.34. The van der Waals surface area contributed by atoms with E-state index in [2.05, 4.69) is 74.5 Å². The molecule has 1 nitrogen and oxygen atoms in total. The van der Waals surface area contributed by atoms with E-state index in [4.69, 9.17) is 16.0 Å². The lowest BCUT2D eigenvalue weighted by Gasteiger charge is -2.21. The molecule has 0 fully saturated rings. The molecule has 29 heavy (non-hydrogen) atoms. The van der Waals surface area contributed by atoms with Gasteiger partial charge in [0.05, 0.1) is 0 Å². The van der Waals surface area contributed by atoms with E-state index in [0.717, 1.165) is 32.5 Å². The molecule has 0 radical (unpaired) electrons. The minimum absolute atomic E-state index is 0.0899. The molecule has 0 aliphatic heterocycles. The van der Waals surface area contributed by atoms with Gasteiger partial charge in [-0.15, -0.1) is 0 Å². The molecule has 4 aromatic carbocycles. The molecule has 0 saturated carbocycles. The number of fused-ring (bicyclic) bond motifs is 6.